The molecule has 0 aliphatic carbocycles. The van der Waals surface area contributed by atoms with E-state index in [-0.39, 0.29) is 0 Å². The molecule has 0 saturated heterocycles. The normalized spacial score (nSPS) is 13.9. The largest absolute Gasteiger partial charge is 0.412 e. The molecule has 2 N–H and O–H groups in total. The van der Waals surface area contributed by atoms with Crippen molar-refractivity contribution in [3.63, 3.8) is 0 Å². The van der Waals surface area contributed by atoms with Crippen LogP contribution in [0.5, 0.6) is 0 Å². The topological polar surface area (TPSA) is 35.2 Å². The zero-order valence-corrected chi connectivity index (χ0v) is 11.5. The minimum atomic E-state index is 0.509. The Morgan fingerprint density at radius 2 is 2.11 bits per heavy atom. The molecule has 0 bridgehead atoms. The van der Waals surface area contributed by atoms with Crippen molar-refractivity contribution < 1.29 is 4.84 Å². The summed E-state index contributed by atoms with van der Waals surface area (Å²) >= 11 is 0. The van der Waals surface area contributed by atoms with Crippen molar-refractivity contribution in [2.75, 3.05) is 0 Å². The maximum atomic E-state index is 5.13. The van der Waals surface area contributed by atoms with Gasteiger partial charge in [-0.1, -0.05) is 37.3 Å². The van der Waals surface area contributed by atoms with Crippen molar-refractivity contribution in [2.24, 2.45) is 11.8 Å². The van der Waals surface area contributed by atoms with Crippen LogP contribution in [0.3, 0.4) is 0 Å². The Hall–Kier alpha value is -1.54. The predicted octanol–water partition coefficient (Wildman–Crippen LogP) is 3.91. The van der Waals surface area contributed by atoms with Gasteiger partial charge in [0.25, 0.3) is 0 Å². The lowest BCUT2D eigenvalue weighted by Gasteiger charge is -2.08. The van der Waals surface area contributed by atoms with Gasteiger partial charge in [0.15, 0.2) is 0 Å². The smallest absolute Gasteiger partial charge is 0.142 e. The summed E-state index contributed by atoms with van der Waals surface area (Å²) in [6.45, 7) is 6.28. The predicted molar refractivity (Wildman–Crippen MR) is 76.8 cm³/mol. The van der Waals surface area contributed by atoms with E-state index in [1.807, 2.05) is 19.1 Å². The molecule has 0 spiro atoms. The van der Waals surface area contributed by atoms with Gasteiger partial charge in [-0.3, -0.25) is 0 Å². The van der Waals surface area contributed by atoms with Crippen molar-refractivity contribution in [3.05, 3.63) is 59.4 Å². The molecule has 0 aliphatic rings. The summed E-state index contributed by atoms with van der Waals surface area (Å²) in [5.74, 6) is 6.35. The third-order valence-corrected chi connectivity index (χ3v) is 3.14. The fraction of sp³-hybridized carbons (Fsp3) is 0.375. The van der Waals surface area contributed by atoms with Gasteiger partial charge < -0.3 is 4.84 Å². The minimum Gasteiger partial charge on any atom is -0.412 e. The SMILES string of the molecule is C/C=C(/C=C/[C@@H](C)CCc1ccccc1C)ON. The molecular weight excluding hydrogens is 222 g/mol. The molecule has 0 saturated carbocycles. The van der Waals surface area contributed by atoms with E-state index >= 15 is 0 Å². The molecule has 0 unspecified atom stereocenters. The van der Waals surface area contributed by atoms with Gasteiger partial charge in [-0.15, -0.1) is 0 Å². The summed E-state index contributed by atoms with van der Waals surface area (Å²) in [7, 11) is 0. The first-order valence-electron chi connectivity index (χ1n) is 6.43. The highest BCUT2D eigenvalue weighted by molar-refractivity contribution is 5.25. The molecule has 1 aromatic carbocycles. The van der Waals surface area contributed by atoms with E-state index in [0.29, 0.717) is 11.7 Å². The lowest BCUT2D eigenvalue weighted by atomic mass is 9.98. The minimum absolute atomic E-state index is 0.509. The lowest BCUT2D eigenvalue weighted by molar-refractivity contribution is 0.233. The Morgan fingerprint density at radius 3 is 2.72 bits per heavy atom. The van der Waals surface area contributed by atoms with Crippen molar-refractivity contribution in [1.82, 2.24) is 0 Å². The highest BCUT2D eigenvalue weighted by atomic mass is 16.6. The second-order valence-corrected chi connectivity index (χ2v) is 4.61. The summed E-state index contributed by atoms with van der Waals surface area (Å²) in [5.41, 5.74) is 2.80. The van der Waals surface area contributed by atoms with Crippen LogP contribution in [-0.4, -0.2) is 0 Å². The number of aryl methyl sites for hydroxylation is 2. The lowest BCUT2D eigenvalue weighted by Crippen LogP contribution is -1.98. The van der Waals surface area contributed by atoms with Crippen LogP contribution in [0.25, 0.3) is 0 Å². The van der Waals surface area contributed by atoms with Crippen LogP contribution >= 0.6 is 0 Å². The van der Waals surface area contributed by atoms with Crippen molar-refractivity contribution in [2.45, 2.75) is 33.6 Å². The molecule has 0 radical (unpaired) electrons. The Balaban J connectivity index is 2.47. The number of nitrogens with two attached hydrogens (primary N) is 1. The fourth-order valence-corrected chi connectivity index (χ4v) is 1.83. The second-order valence-electron chi connectivity index (χ2n) is 4.61. The zero-order valence-electron chi connectivity index (χ0n) is 11.5. The van der Waals surface area contributed by atoms with Gasteiger partial charge in [0, 0.05) is 0 Å². The Bertz CT molecular complexity index is 421. The fourth-order valence-electron chi connectivity index (χ4n) is 1.83. The molecule has 1 rings (SSSR count). The maximum absolute atomic E-state index is 5.13. The quantitative estimate of drug-likeness (QED) is 0.468. The number of hydrogen-bond acceptors (Lipinski definition) is 2. The number of benzene rings is 1. The molecule has 0 amide bonds. The highest BCUT2D eigenvalue weighted by Gasteiger charge is 2.01. The molecule has 1 aromatic rings. The number of rotatable bonds is 6. The van der Waals surface area contributed by atoms with Gasteiger partial charge in [0.05, 0.1) is 0 Å². The Labute approximate surface area is 110 Å². The summed E-state index contributed by atoms with van der Waals surface area (Å²) in [5, 5.41) is 0. The second kappa shape index (κ2) is 7.72. The molecule has 2 nitrogen and oxygen atoms in total. The van der Waals surface area contributed by atoms with Crippen LogP contribution in [0.2, 0.25) is 0 Å². The first kappa shape index (κ1) is 14.5. The molecular formula is C16H23NO. The van der Waals surface area contributed by atoms with E-state index in [1.165, 1.54) is 11.1 Å². The van der Waals surface area contributed by atoms with Gasteiger partial charge in [0.2, 0.25) is 0 Å². The summed E-state index contributed by atoms with van der Waals surface area (Å²) in [6, 6.07) is 8.55. The molecule has 0 heterocycles. The van der Waals surface area contributed by atoms with E-state index in [2.05, 4.69) is 44.2 Å². The van der Waals surface area contributed by atoms with Gasteiger partial charge in [-0.05, 0) is 55.9 Å². The number of hydrogen-bond donors (Lipinski definition) is 1. The van der Waals surface area contributed by atoms with E-state index in [0.717, 1.165) is 12.8 Å². The van der Waals surface area contributed by atoms with E-state index in [4.69, 9.17) is 10.7 Å². The zero-order chi connectivity index (χ0) is 13.4. The Kier molecular flexibility index (Phi) is 6.23. The standard InChI is InChI=1S/C16H23NO/c1-4-16(18-17)12-10-13(2)9-11-15-8-6-5-7-14(15)3/h4-8,10,12-13H,9,11,17H2,1-3H3/b12-10+,16-4-/t13-/m0/s1. The molecule has 18 heavy (non-hydrogen) atoms. The summed E-state index contributed by atoms with van der Waals surface area (Å²) < 4.78 is 0. The summed E-state index contributed by atoms with van der Waals surface area (Å²) in [4.78, 5) is 4.71. The molecule has 0 aromatic heterocycles. The van der Waals surface area contributed by atoms with Gasteiger partial charge >= 0.3 is 0 Å². The van der Waals surface area contributed by atoms with Crippen molar-refractivity contribution in [3.8, 4) is 0 Å². The van der Waals surface area contributed by atoms with Crippen LogP contribution in [-0.2, 0) is 11.3 Å². The van der Waals surface area contributed by atoms with Gasteiger partial charge in [-0.2, -0.15) is 5.90 Å². The Morgan fingerprint density at radius 1 is 1.39 bits per heavy atom. The van der Waals surface area contributed by atoms with Crippen LogP contribution in [0.15, 0.2) is 48.3 Å². The van der Waals surface area contributed by atoms with Gasteiger partial charge in [0.1, 0.15) is 5.76 Å². The monoisotopic (exact) mass is 245 g/mol. The molecule has 0 aliphatic heterocycles. The summed E-state index contributed by atoms with van der Waals surface area (Å²) in [6.07, 6.45) is 8.16. The van der Waals surface area contributed by atoms with E-state index < -0.39 is 0 Å². The van der Waals surface area contributed by atoms with E-state index in [1.54, 1.807) is 0 Å². The van der Waals surface area contributed by atoms with Crippen LogP contribution in [0, 0.1) is 12.8 Å². The van der Waals surface area contributed by atoms with Crippen LogP contribution in [0.4, 0.5) is 0 Å². The average Bonchev–Trinajstić information content (AvgIpc) is 2.39. The first-order chi connectivity index (χ1) is 8.67. The van der Waals surface area contributed by atoms with Gasteiger partial charge in [-0.25, -0.2) is 0 Å². The molecule has 2 heteroatoms. The average molecular weight is 245 g/mol. The third kappa shape index (κ3) is 4.76. The highest BCUT2D eigenvalue weighted by Crippen LogP contribution is 2.14. The van der Waals surface area contributed by atoms with Crippen molar-refractivity contribution in [1.29, 1.82) is 0 Å². The third-order valence-electron chi connectivity index (χ3n) is 3.14. The first-order valence-corrected chi connectivity index (χ1v) is 6.43. The molecule has 0 fully saturated rings. The molecule has 98 valence electrons. The van der Waals surface area contributed by atoms with Crippen molar-refractivity contribution >= 4 is 0 Å². The van der Waals surface area contributed by atoms with E-state index in [9.17, 15) is 0 Å². The van der Waals surface area contributed by atoms with Crippen LogP contribution < -0.4 is 5.90 Å². The maximum Gasteiger partial charge on any atom is 0.142 e. The molecule has 1 atom stereocenters. The number of allylic oxidation sites excluding steroid dienone is 3. The van der Waals surface area contributed by atoms with Crippen LogP contribution in [0.1, 0.15) is 31.4 Å².